The van der Waals surface area contributed by atoms with Crippen molar-refractivity contribution in [2.45, 2.75) is 94.9 Å². The summed E-state index contributed by atoms with van der Waals surface area (Å²) in [6.45, 7) is 28.3. The van der Waals surface area contributed by atoms with E-state index in [0.717, 1.165) is 39.3 Å². The predicted molar refractivity (Wildman–Crippen MR) is 160 cm³/mol. The minimum atomic E-state index is -1.45. The van der Waals surface area contributed by atoms with E-state index >= 15 is 0 Å². The zero-order valence-corrected chi connectivity index (χ0v) is 26.4. The van der Waals surface area contributed by atoms with Gasteiger partial charge in [-0.2, -0.15) is 0 Å². The van der Waals surface area contributed by atoms with E-state index in [0.29, 0.717) is 22.4 Å². The van der Waals surface area contributed by atoms with Gasteiger partial charge in [-0.3, -0.25) is 0 Å². The Balaban J connectivity index is 2.19. The molecule has 3 atom stereocenters. The normalized spacial score (nSPS) is 24.8. The summed E-state index contributed by atoms with van der Waals surface area (Å²) in [5.74, 6) is 0. The Morgan fingerprint density at radius 3 is 1.74 bits per heavy atom. The van der Waals surface area contributed by atoms with Gasteiger partial charge in [0.05, 0.1) is 8.07 Å². The average molecular weight is 523 g/mol. The predicted octanol–water partition coefficient (Wildman–Crippen LogP) is 4.00. The summed E-state index contributed by atoms with van der Waals surface area (Å²) in [5.41, 5.74) is 3.12. The molecule has 2 heterocycles. The van der Waals surface area contributed by atoms with Crippen LogP contribution in [0.25, 0.3) is 0 Å². The molecule has 1 aromatic carbocycles. The lowest BCUT2D eigenvalue weighted by Crippen LogP contribution is -2.67. The summed E-state index contributed by atoms with van der Waals surface area (Å²) in [7, 11) is 1.73. The highest BCUT2D eigenvalue weighted by molar-refractivity contribution is 7.60. The maximum absolute atomic E-state index is 3.92. The van der Waals surface area contributed by atoms with Crippen LogP contribution in [-0.4, -0.2) is 69.7 Å². The van der Waals surface area contributed by atoms with Crippen LogP contribution in [0.4, 0.5) is 0 Å². The molecule has 2 aliphatic rings. The van der Waals surface area contributed by atoms with E-state index in [1.54, 1.807) is 16.3 Å². The van der Waals surface area contributed by atoms with Crippen molar-refractivity contribution in [3.05, 3.63) is 29.3 Å². The highest BCUT2D eigenvalue weighted by atomic mass is 31.1. The summed E-state index contributed by atoms with van der Waals surface area (Å²) in [4.78, 5) is 0. The Kier molecular flexibility index (Phi) is 9.17. The van der Waals surface area contributed by atoms with E-state index < -0.39 is 8.07 Å². The lowest BCUT2D eigenvalue weighted by molar-refractivity contribution is 0.255. The fraction of sp³-hybridized carbons (Fsp3) is 0.778. The average Bonchev–Trinajstić information content (AvgIpc) is 2.76. The molecule has 4 nitrogen and oxygen atoms in total. The Morgan fingerprint density at radius 2 is 1.35 bits per heavy atom. The molecule has 0 radical (unpaired) electrons. The van der Waals surface area contributed by atoms with Crippen molar-refractivity contribution in [2.24, 2.45) is 0 Å². The summed E-state index contributed by atoms with van der Waals surface area (Å²) in [6, 6.07) is 8.35. The van der Waals surface area contributed by atoms with E-state index in [1.807, 2.05) is 0 Å². The molecular formula is C27H52N4P2Si. The third kappa shape index (κ3) is 6.52. The zero-order chi connectivity index (χ0) is 25.4. The summed E-state index contributed by atoms with van der Waals surface area (Å²) >= 11 is 0. The van der Waals surface area contributed by atoms with Crippen LogP contribution in [0, 0.1) is 0 Å². The van der Waals surface area contributed by atoms with Crippen LogP contribution in [0.3, 0.4) is 0 Å². The monoisotopic (exact) mass is 522 g/mol. The van der Waals surface area contributed by atoms with Crippen molar-refractivity contribution in [1.29, 1.82) is 0 Å². The van der Waals surface area contributed by atoms with Gasteiger partial charge in [0.25, 0.3) is 0 Å². The van der Waals surface area contributed by atoms with Crippen LogP contribution >= 0.6 is 17.2 Å². The van der Waals surface area contributed by atoms with Gasteiger partial charge in [-0.1, -0.05) is 92.5 Å². The highest BCUT2D eigenvalue weighted by Crippen LogP contribution is 2.62. The molecule has 1 aromatic rings. The second-order valence-corrected chi connectivity index (χ2v) is 23.3. The first-order valence-electron chi connectivity index (χ1n) is 13.2. The maximum Gasteiger partial charge on any atom is 0.0776 e. The number of piperazine rings is 2. The summed E-state index contributed by atoms with van der Waals surface area (Å²) in [6.07, 6.45) is 1.18. The Labute approximate surface area is 214 Å². The van der Waals surface area contributed by atoms with E-state index in [1.165, 1.54) is 6.16 Å². The lowest BCUT2D eigenvalue weighted by Gasteiger charge is -2.49. The minimum Gasteiger partial charge on any atom is -0.314 e. The molecule has 3 unspecified atom stereocenters. The van der Waals surface area contributed by atoms with Gasteiger partial charge in [0, 0.05) is 56.5 Å². The third-order valence-electron chi connectivity index (χ3n) is 7.63. The smallest absolute Gasteiger partial charge is 0.0776 e. The lowest BCUT2D eigenvalue weighted by atomic mass is 9.80. The topological polar surface area (TPSA) is 48.1 Å². The van der Waals surface area contributed by atoms with Gasteiger partial charge in [0.1, 0.15) is 0 Å². The molecule has 34 heavy (non-hydrogen) atoms. The van der Waals surface area contributed by atoms with Gasteiger partial charge in [0.15, 0.2) is 0 Å². The molecular weight excluding hydrogens is 470 g/mol. The molecule has 3 rings (SSSR count). The van der Waals surface area contributed by atoms with Crippen LogP contribution in [0.5, 0.6) is 0 Å². The van der Waals surface area contributed by atoms with Crippen molar-refractivity contribution >= 4 is 30.4 Å². The zero-order valence-electron chi connectivity index (χ0n) is 23.4. The third-order valence-corrected chi connectivity index (χ3v) is 14.7. The van der Waals surface area contributed by atoms with E-state index in [-0.39, 0.29) is 13.1 Å². The number of benzene rings is 1. The summed E-state index contributed by atoms with van der Waals surface area (Å²) in [5, 5.41) is 17.3. The van der Waals surface area contributed by atoms with Gasteiger partial charge in [0.2, 0.25) is 0 Å². The van der Waals surface area contributed by atoms with E-state index in [4.69, 9.17) is 0 Å². The maximum atomic E-state index is 3.92. The van der Waals surface area contributed by atoms with Crippen LogP contribution in [0.2, 0.25) is 19.6 Å². The minimum absolute atomic E-state index is 0.0807. The van der Waals surface area contributed by atoms with Crippen LogP contribution in [-0.2, 0) is 11.3 Å². The standard InChI is InChI=1S/C27H52N4P2Si/c1-25(2,3)33(26(4,5)6)19-20-10-11-21(34(7,8)9)16-22(20)27(32,23-17-28-12-14-30-23)24-18-29-13-15-31-24/h10-11,16,23-24,28-31H,12-15,17-19,32H2,1-9H3. The molecule has 0 saturated carbocycles. The fourth-order valence-electron chi connectivity index (χ4n) is 5.84. The first kappa shape index (κ1) is 28.7. The molecule has 0 aliphatic carbocycles. The fourth-order valence-corrected chi connectivity index (χ4v) is 11.3. The number of hydrogen-bond acceptors (Lipinski definition) is 4. The quantitative estimate of drug-likeness (QED) is 0.337. The SMILES string of the molecule is CC(C)(C)P(Cc1ccc([Si](C)(C)C)cc1C(P)(C1CNCCN1)C1CNCCN1)C(C)(C)C. The van der Waals surface area contributed by atoms with Gasteiger partial charge in [-0.25, -0.2) is 0 Å². The molecule has 0 spiro atoms. The number of hydrogen-bond donors (Lipinski definition) is 4. The van der Waals surface area contributed by atoms with Crippen LogP contribution in [0.15, 0.2) is 18.2 Å². The first-order valence-corrected chi connectivity index (χ1v) is 18.8. The largest absolute Gasteiger partial charge is 0.314 e. The Bertz CT molecular complexity index is 781. The van der Waals surface area contributed by atoms with Gasteiger partial charge in [-0.15, -0.1) is 9.24 Å². The van der Waals surface area contributed by atoms with Crippen molar-refractivity contribution in [3.8, 4) is 0 Å². The molecule has 0 amide bonds. The van der Waals surface area contributed by atoms with Crippen LogP contribution in [0.1, 0.15) is 52.7 Å². The molecule has 7 heteroatoms. The summed E-state index contributed by atoms with van der Waals surface area (Å²) < 4.78 is 0. The van der Waals surface area contributed by atoms with Gasteiger partial charge in [-0.05, 0) is 27.6 Å². The molecule has 0 aromatic heterocycles. The highest BCUT2D eigenvalue weighted by Gasteiger charge is 2.46. The van der Waals surface area contributed by atoms with Crippen LogP contribution < -0.4 is 26.5 Å². The molecule has 2 saturated heterocycles. The van der Waals surface area contributed by atoms with E-state index in [2.05, 4.69) is 110 Å². The first-order chi connectivity index (χ1) is 15.6. The molecule has 4 N–H and O–H groups in total. The van der Waals surface area contributed by atoms with Crippen molar-refractivity contribution in [3.63, 3.8) is 0 Å². The second kappa shape index (κ2) is 10.9. The number of nitrogens with one attached hydrogen (secondary N) is 4. The molecule has 2 fully saturated rings. The number of rotatable bonds is 6. The van der Waals surface area contributed by atoms with E-state index in [9.17, 15) is 0 Å². The molecule has 194 valence electrons. The van der Waals surface area contributed by atoms with Gasteiger partial charge >= 0.3 is 0 Å². The Morgan fingerprint density at radius 1 is 0.853 bits per heavy atom. The van der Waals surface area contributed by atoms with Crippen molar-refractivity contribution in [2.75, 3.05) is 39.3 Å². The Hall–Kier alpha value is 0.137. The molecule has 0 bridgehead atoms. The van der Waals surface area contributed by atoms with Crippen molar-refractivity contribution < 1.29 is 0 Å². The molecule has 2 aliphatic heterocycles. The van der Waals surface area contributed by atoms with Crippen molar-refractivity contribution in [1.82, 2.24) is 21.3 Å². The van der Waals surface area contributed by atoms with Gasteiger partial charge < -0.3 is 21.3 Å². The second-order valence-electron chi connectivity index (χ2n) is 13.4.